The summed E-state index contributed by atoms with van der Waals surface area (Å²) in [6.45, 7) is 2.27. The Balaban J connectivity index is 2.81. The molecule has 0 spiro atoms. The molecule has 17 heavy (non-hydrogen) atoms. The Morgan fingerprint density at radius 2 is 2.06 bits per heavy atom. The summed E-state index contributed by atoms with van der Waals surface area (Å²) in [5.41, 5.74) is 10.8. The normalized spacial score (nSPS) is 25.8. The highest BCUT2D eigenvalue weighted by molar-refractivity contribution is 7.81. The maximum Gasteiger partial charge on any atom is 0.491 e. The van der Waals surface area contributed by atoms with Gasteiger partial charge in [-0.1, -0.05) is 19.8 Å². The molecule has 0 unspecified atom stereocenters. The predicted molar refractivity (Wildman–Crippen MR) is 60.6 cm³/mol. The summed E-state index contributed by atoms with van der Waals surface area (Å²) in [6, 6.07) is 0. The van der Waals surface area contributed by atoms with Crippen molar-refractivity contribution in [3.63, 3.8) is 0 Å². The molecule has 1 aliphatic rings. The Morgan fingerprint density at radius 1 is 1.35 bits per heavy atom. The quantitative estimate of drug-likeness (QED) is 0.637. The van der Waals surface area contributed by atoms with E-state index < -0.39 is 16.4 Å². The maximum atomic E-state index is 11.2. The van der Waals surface area contributed by atoms with Crippen molar-refractivity contribution >= 4 is 22.3 Å². The molecule has 0 saturated heterocycles. The van der Waals surface area contributed by atoms with Crippen LogP contribution in [0.1, 0.15) is 26.2 Å². The minimum atomic E-state index is -4.30. The van der Waals surface area contributed by atoms with Crippen LogP contribution in [0.25, 0.3) is 0 Å². The van der Waals surface area contributed by atoms with Crippen molar-refractivity contribution in [1.29, 1.82) is 0 Å². The first kappa shape index (κ1) is 13.5. The Labute approximate surface area is 99.3 Å². The second-order valence-electron chi connectivity index (χ2n) is 3.29. The largest absolute Gasteiger partial charge is 0.491 e. The molecule has 0 radical (unpaired) electrons. The topological polar surface area (TPSA) is 133 Å². The van der Waals surface area contributed by atoms with Crippen LogP contribution >= 0.6 is 0 Å². The smallest absolute Gasteiger partial charge is 0.368 e. The molecule has 1 aliphatic heterocycles. The van der Waals surface area contributed by atoms with Crippen LogP contribution in [0.2, 0.25) is 0 Å². The number of nitrogens with two attached hydrogens (primary N) is 2. The standard InChI is InChI=1S/C7H15N5O4S/c1-2-3-4-5-12-7(9)10-6(8)11-15-17(13,14)16-12/h2-5H2,1H3,(H4,8,9,10,11). The van der Waals surface area contributed by atoms with Crippen LogP contribution < -0.4 is 11.5 Å². The van der Waals surface area contributed by atoms with E-state index in [2.05, 4.69) is 18.7 Å². The fourth-order valence-electron chi connectivity index (χ4n) is 1.10. The fourth-order valence-corrected chi connectivity index (χ4v) is 1.66. The number of aliphatic imine (C=N–C) groups is 1. The highest BCUT2D eigenvalue weighted by Gasteiger charge is 2.23. The Bertz CT molecular complexity index is 418. The maximum absolute atomic E-state index is 11.2. The van der Waals surface area contributed by atoms with Crippen LogP contribution in [-0.4, -0.2) is 31.9 Å². The molecule has 0 aromatic heterocycles. The van der Waals surface area contributed by atoms with Gasteiger partial charge in [0.1, 0.15) is 0 Å². The van der Waals surface area contributed by atoms with E-state index in [0.29, 0.717) is 6.42 Å². The van der Waals surface area contributed by atoms with E-state index >= 15 is 0 Å². The van der Waals surface area contributed by atoms with Gasteiger partial charge in [-0.2, -0.15) is 13.4 Å². The number of unbranched alkanes of at least 4 members (excludes halogenated alkanes) is 2. The Kier molecular flexibility index (Phi) is 4.52. The molecule has 0 saturated carbocycles. The highest BCUT2D eigenvalue weighted by Crippen LogP contribution is 2.07. The molecule has 0 fully saturated rings. The summed E-state index contributed by atoms with van der Waals surface area (Å²) in [5, 5.41) is 3.91. The molecule has 0 amide bonds. The summed E-state index contributed by atoms with van der Waals surface area (Å²) in [7, 11) is -4.30. The second kappa shape index (κ2) is 5.68. The van der Waals surface area contributed by atoms with Gasteiger partial charge in [-0.25, -0.2) is 9.35 Å². The fraction of sp³-hybridized carbons (Fsp3) is 0.714. The van der Waals surface area contributed by atoms with Gasteiger partial charge in [0.15, 0.2) is 0 Å². The molecule has 0 aliphatic carbocycles. The molecule has 9 nitrogen and oxygen atoms in total. The second-order valence-corrected chi connectivity index (χ2v) is 4.40. The number of oxime groups is 1. The lowest BCUT2D eigenvalue weighted by atomic mass is 10.2. The van der Waals surface area contributed by atoms with Crippen LogP contribution in [0.5, 0.6) is 0 Å². The van der Waals surface area contributed by atoms with E-state index in [0.717, 1.165) is 17.9 Å². The molecular formula is C7H15N5O4S. The van der Waals surface area contributed by atoms with Crippen LogP contribution in [-0.2, 0) is 19.0 Å². The van der Waals surface area contributed by atoms with Gasteiger partial charge in [0.05, 0.1) is 6.54 Å². The number of guanidine groups is 2. The zero-order chi connectivity index (χ0) is 12.9. The number of nitrogens with zero attached hydrogens (tertiary/aromatic N) is 3. The van der Waals surface area contributed by atoms with Crippen molar-refractivity contribution in [1.82, 2.24) is 5.06 Å². The third-order valence-electron chi connectivity index (χ3n) is 1.85. The molecule has 10 heteroatoms. The molecule has 0 aromatic carbocycles. The SMILES string of the molecule is CCCCCN1OS(=O)(=O)O/N=C(N)\N=C/1N. The van der Waals surface area contributed by atoms with Gasteiger partial charge in [-0.3, -0.25) is 0 Å². The minimum Gasteiger partial charge on any atom is -0.368 e. The first-order chi connectivity index (χ1) is 7.94. The van der Waals surface area contributed by atoms with E-state index in [1.54, 1.807) is 0 Å². The van der Waals surface area contributed by atoms with E-state index in [4.69, 9.17) is 11.5 Å². The van der Waals surface area contributed by atoms with Gasteiger partial charge >= 0.3 is 10.4 Å². The van der Waals surface area contributed by atoms with Gasteiger partial charge in [0.2, 0.25) is 5.96 Å². The van der Waals surface area contributed by atoms with E-state index in [1.165, 1.54) is 0 Å². The number of rotatable bonds is 4. The van der Waals surface area contributed by atoms with Crippen molar-refractivity contribution in [2.24, 2.45) is 21.6 Å². The molecule has 1 heterocycles. The predicted octanol–water partition coefficient (Wildman–Crippen LogP) is -0.770. The third-order valence-corrected chi connectivity index (χ3v) is 2.47. The molecular weight excluding hydrogens is 250 g/mol. The summed E-state index contributed by atoms with van der Waals surface area (Å²) in [6.07, 6.45) is 2.56. The third kappa shape index (κ3) is 4.44. The van der Waals surface area contributed by atoms with Gasteiger partial charge in [0, 0.05) is 0 Å². The molecule has 4 N–H and O–H groups in total. The minimum absolute atomic E-state index is 0.186. The summed E-state index contributed by atoms with van der Waals surface area (Å²) >= 11 is 0. The summed E-state index contributed by atoms with van der Waals surface area (Å²) in [4.78, 5) is 3.60. The van der Waals surface area contributed by atoms with Gasteiger partial charge in [0.25, 0.3) is 5.96 Å². The van der Waals surface area contributed by atoms with Crippen LogP contribution in [0, 0.1) is 0 Å². The van der Waals surface area contributed by atoms with Gasteiger partial charge < -0.3 is 11.5 Å². The number of hydrogen-bond acceptors (Lipinski definition) is 9. The van der Waals surface area contributed by atoms with Gasteiger partial charge in [-0.05, 0) is 11.6 Å². The lowest BCUT2D eigenvalue weighted by Crippen LogP contribution is -2.42. The molecule has 0 atom stereocenters. The zero-order valence-electron chi connectivity index (χ0n) is 9.37. The monoisotopic (exact) mass is 265 g/mol. The lowest BCUT2D eigenvalue weighted by molar-refractivity contribution is 0.00265. The molecule has 98 valence electrons. The first-order valence-corrected chi connectivity index (χ1v) is 6.36. The van der Waals surface area contributed by atoms with E-state index in [-0.39, 0.29) is 12.5 Å². The van der Waals surface area contributed by atoms with Gasteiger partial charge in [-0.15, -0.1) is 4.28 Å². The Morgan fingerprint density at radius 3 is 2.71 bits per heavy atom. The van der Waals surface area contributed by atoms with Crippen molar-refractivity contribution in [2.45, 2.75) is 26.2 Å². The first-order valence-electron chi connectivity index (χ1n) is 5.03. The van der Waals surface area contributed by atoms with Crippen LogP contribution in [0.3, 0.4) is 0 Å². The Hall–Kier alpha value is -1.55. The average molecular weight is 265 g/mol. The highest BCUT2D eigenvalue weighted by atomic mass is 32.3. The van der Waals surface area contributed by atoms with Crippen LogP contribution in [0.15, 0.2) is 10.1 Å². The zero-order valence-corrected chi connectivity index (χ0v) is 10.2. The van der Waals surface area contributed by atoms with Crippen molar-refractivity contribution < 1.29 is 17.0 Å². The van der Waals surface area contributed by atoms with E-state index in [1.807, 2.05) is 6.92 Å². The average Bonchev–Trinajstić information content (AvgIpc) is 2.24. The summed E-state index contributed by atoms with van der Waals surface area (Å²) in [5.74, 6) is -0.580. The lowest BCUT2D eigenvalue weighted by Gasteiger charge is -2.21. The number of hydroxylamine groups is 2. The van der Waals surface area contributed by atoms with Crippen LogP contribution in [0.4, 0.5) is 0 Å². The molecule has 0 bridgehead atoms. The molecule has 0 aromatic rings. The van der Waals surface area contributed by atoms with Crippen molar-refractivity contribution in [3.05, 3.63) is 0 Å². The van der Waals surface area contributed by atoms with E-state index in [9.17, 15) is 8.42 Å². The molecule has 1 rings (SSSR count). The number of hydrogen-bond donors (Lipinski definition) is 2. The van der Waals surface area contributed by atoms with Crippen molar-refractivity contribution in [2.75, 3.05) is 6.54 Å². The van der Waals surface area contributed by atoms with Crippen molar-refractivity contribution in [3.8, 4) is 0 Å². The summed E-state index contributed by atoms with van der Waals surface area (Å²) < 4.78 is 31.0.